The fourth-order valence-corrected chi connectivity index (χ4v) is 6.14. The molecule has 0 bridgehead atoms. The fraction of sp³-hybridized carbons (Fsp3) is 0.281. The molecule has 5 rings (SSSR count). The number of amides is 4. The number of aliphatic carboxylic acids is 1. The van der Waals surface area contributed by atoms with Crippen molar-refractivity contribution in [3.05, 3.63) is 89.5 Å². The van der Waals surface area contributed by atoms with Crippen LogP contribution in [0.5, 0.6) is 11.5 Å². The second kappa shape index (κ2) is 12.3. The zero-order chi connectivity index (χ0) is 33.4. The van der Waals surface area contributed by atoms with Gasteiger partial charge in [0, 0.05) is 18.2 Å². The number of benzene rings is 3. The van der Waals surface area contributed by atoms with Gasteiger partial charge in [0.15, 0.2) is 5.78 Å². The topological polar surface area (TPSA) is 168 Å². The summed E-state index contributed by atoms with van der Waals surface area (Å²) in [4.78, 5) is 64.9. The Hall–Kier alpha value is -5.24. The molecule has 14 heteroatoms. The molecule has 0 radical (unpaired) electrons. The number of primary amides is 1. The summed E-state index contributed by atoms with van der Waals surface area (Å²) >= 11 is 0. The van der Waals surface area contributed by atoms with Crippen LogP contribution in [0.3, 0.4) is 0 Å². The maximum Gasteiger partial charge on any atom is 0.416 e. The van der Waals surface area contributed by atoms with Crippen LogP contribution in [-0.2, 0) is 20.6 Å². The molecule has 0 saturated carbocycles. The molecular formula is C32H29F3N4O7. The van der Waals surface area contributed by atoms with Crippen molar-refractivity contribution in [3.8, 4) is 11.5 Å². The number of urea groups is 1. The molecule has 11 nitrogen and oxygen atoms in total. The quantitative estimate of drug-likeness (QED) is 0.144. The Balaban J connectivity index is 1.53. The molecule has 4 unspecified atom stereocenters. The van der Waals surface area contributed by atoms with Gasteiger partial charge in [0.2, 0.25) is 11.8 Å². The maximum atomic E-state index is 14.0. The number of Topliss-reactive ketones (excluding diaryl/α,β-unsaturated/α-hetero) is 1. The predicted octanol–water partition coefficient (Wildman–Crippen LogP) is 4.42. The Bertz CT molecular complexity index is 1710. The molecule has 0 aromatic heterocycles. The van der Waals surface area contributed by atoms with E-state index in [1.807, 2.05) is 0 Å². The van der Waals surface area contributed by atoms with Crippen molar-refractivity contribution in [2.75, 3.05) is 11.4 Å². The molecule has 0 aliphatic carbocycles. The number of hydrogen-bond donors (Lipinski definition) is 4. The van der Waals surface area contributed by atoms with E-state index in [0.29, 0.717) is 11.1 Å². The summed E-state index contributed by atoms with van der Waals surface area (Å²) in [5.74, 6) is -5.63. The summed E-state index contributed by atoms with van der Waals surface area (Å²) < 4.78 is 45.5. The summed E-state index contributed by atoms with van der Waals surface area (Å²) in [6, 6.07) is 14.3. The number of carbonyl (C=O) groups is 5. The molecule has 2 aliphatic rings. The molecule has 46 heavy (non-hydrogen) atoms. The summed E-state index contributed by atoms with van der Waals surface area (Å²) in [7, 11) is 0. The number of carbonyl (C=O) groups excluding carboxylic acids is 4. The average Bonchev–Trinajstić information content (AvgIpc) is 3.48. The van der Waals surface area contributed by atoms with E-state index >= 15 is 0 Å². The van der Waals surface area contributed by atoms with E-state index in [1.165, 1.54) is 61.5 Å². The average molecular weight is 639 g/mol. The highest BCUT2D eigenvalue weighted by atomic mass is 19.4. The smallest absolute Gasteiger partial charge is 0.416 e. The standard InChI is InChI=1S/C32H29F3N4O7/c1-17(40)18-9-11-21(12-10-18)39-27(41)24-25(28(39)42)31(29(43)44,13-4-14-37-30(36)45)38-26(24)19-5-2-7-22(15-19)46-23-8-3-6-20(16-23)32(33,34)35/h2-3,5-12,15-16,24-26,38H,4,13-14H2,1H3,(H,43,44)(H3,36,37,45). The van der Waals surface area contributed by atoms with Crippen molar-refractivity contribution in [1.29, 1.82) is 0 Å². The van der Waals surface area contributed by atoms with Crippen LogP contribution >= 0.6 is 0 Å². The van der Waals surface area contributed by atoms with E-state index < -0.39 is 59.0 Å². The van der Waals surface area contributed by atoms with Crippen molar-refractivity contribution in [2.24, 2.45) is 17.6 Å². The highest BCUT2D eigenvalue weighted by Gasteiger charge is 2.68. The number of halogens is 3. The fourth-order valence-electron chi connectivity index (χ4n) is 6.14. The van der Waals surface area contributed by atoms with Crippen LogP contribution in [0, 0.1) is 11.8 Å². The number of carboxylic acid groups (broad SMARTS) is 1. The van der Waals surface area contributed by atoms with Crippen molar-refractivity contribution < 1.29 is 47.0 Å². The van der Waals surface area contributed by atoms with Crippen molar-refractivity contribution in [2.45, 2.75) is 37.5 Å². The highest BCUT2D eigenvalue weighted by Crippen LogP contribution is 2.51. The number of ketones is 1. The van der Waals surface area contributed by atoms with Gasteiger partial charge < -0.3 is 20.9 Å². The Labute approximate surface area is 260 Å². The summed E-state index contributed by atoms with van der Waals surface area (Å²) in [6.45, 7) is 1.37. The molecule has 2 fully saturated rings. The zero-order valence-corrected chi connectivity index (χ0v) is 24.3. The van der Waals surface area contributed by atoms with E-state index in [4.69, 9.17) is 10.5 Å². The van der Waals surface area contributed by atoms with Gasteiger partial charge in [-0.3, -0.25) is 24.5 Å². The largest absolute Gasteiger partial charge is 0.480 e. The third kappa shape index (κ3) is 6.03. The van der Waals surface area contributed by atoms with Gasteiger partial charge in [-0.1, -0.05) is 18.2 Å². The molecular weight excluding hydrogens is 609 g/mol. The third-order valence-corrected chi connectivity index (χ3v) is 8.23. The van der Waals surface area contributed by atoms with Crippen LogP contribution in [0.4, 0.5) is 23.7 Å². The number of alkyl halides is 3. The Kier molecular flexibility index (Phi) is 8.58. The number of hydrogen-bond acceptors (Lipinski definition) is 7. The van der Waals surface area contributed by atoms with Gasteiger partial charge in [0.25, 0.3) is 0 Å². The lowest BCUT2D eigenvalue weighted by atomic mass is 9.77. The first-order chi connectivity index (χ1) is 21.7. The number of rotatable bonds is 10. The van der Waals surface area contributed by atoms with Gasteiger partial charge >= 0.3 is 18.2 Å². The van der Waals surface area contributed by atoms with E-state index in [0.717, 1.165) is 17.0 Å². The van der Waals surface area contributed by atoms with Crippen LogP contribution in [0.2, 0.25) is 0 Å². The van der Waals surface area contributed by atoms with Crippen LogP contribution in [-0.4, -0.2) is 46.8 Å². The van der Waals surface area contributed by atoms with Crippen LogP contribution in [0.15, 0.2) is 72.8 Å². The lowest BCUT2D eigenvalue weighted by Crippen LogP contribution is -2.56. The molecule has 2 aliphatic heterocycles. The lowest BCUT2D eigenvalue weighted by molar-refractivity contribution is -0.149. The molecule has 0 spiro atoms. The van der Waals surface area contributed by atoms with E-state index in [1.54, 1.807) is 6.07 Å². The van der Waals surface area contributed by atoms with Gasteiger partial charge in [0.1, 0.15) is 17.0 Å². The molecule has 240 valence electrons. The number of ether oxygens (including phenoxy) is 1. The minimum Gasteiger partial charge on any atom is -0.480 e. The van der Waals surface area contributed by atoms with Gasteiger partial charge in [0.05, 0.1) is 23.1 Å². The summed E-state index contributed by atoms with van der Waals surface area (Å²) in [5, 5.41) is 16.0. The van der Waals surface area contributed by atoms with Crippen molar-refractivity contribution in [1.82, 2.24) is 10.6 Å². The normalized spacial score (nSPS) is 22.4. The molecule has 5 N–H and O–H groups in total. The summed E-state index contributed by atoms with van der Waals surface area (Å²) in [5.41, 5.74) is 3.14. The molecule has 3 aromatic rings. The molecule has 4 amide bonds. The highest BCUT2D eigenvalue weighted by molar-refractivity contribution is 6.24. The van der Waals surface area contributed by atoms with E-state index in [2.05, 4.69) is 10.6 Å². The van der Waals surface area contributed by atoms with Crippen molar-refractivity contribution >= 4 is 35.3 Å². The molecule has 2 saturated heterocycles. The number of nitrogens with zero attached hydrogens (tertiary/aromatic N) is 1. The molecule has 2 heterocycles. The number of imide groups is 1. The Morgan fingerprint density at radius 3 is 2.26 bits per heavy atom. The number of nitrogens with two attached hydrogens (primary N) is 1. The van der Waals surface area contributed by atoms with Crippen LogP contribution in [0.25, 0.3) is 0 Å². The second-order valence-corrected chi connectivity index (χ2v) is 11.1. The monoisotopic (exact) mass is 638 g/mol. The van der Waals surface area contributed by atoms with E-state index in [9.17, 15) is 42.3 Å². The Morgan fingerprint density at radius 1 is 1.00 bits per heavy atom. The number of carboxylic acids is 1. The SMILES string of the molecule is CC(=O)c1ccc(N2C(=O)C3C(c4cccc(Oc5cccc(C(F)(F)F)c5)c4)NC(CCCNC(N)=O)(C(=O)O)C3C2=O)cc1. The van der Waals surface area contributed by atoms with Gasteiger partial charge in [-0.15, -0.1) is 0 Å². The first-order valence-corrected chi connectivity index (χ1v) is 14.2. The Morgan fingerprint density at radius 2 is 1.65 bits per heavy atom. The lowest BCUT2D eigenvalue weighted by Gasteiger charge is -2.31. The number of fused-ring (bicyclic) bond motifs is 1. The number of nitrogens with one attached hydrogen (secondary N) is 2. The minimum atomic E-state index is -4.59. The summed E-state index contributed by atoms with van der Waals surface area (Å²) in [6.07, 6.45) is -4.67. The molecule has 3 aromatic carbocycles. The van der Waals surface area contributed by atoms with Crippen molar-refractivity contribution in [3.63, 3.8) is 0 Å². The maximum absolute atomic E-state index is 14.0. The van der Waals surface area contributed by atoms with E-state index in [-0.39, 0.29) is 42.4 Å². The second-order valence-electron chi connectivity index (χ2n) is 11.1. The van der Waals surface area contributed by atoms with Crippen LogP contribution in [0.1, 0.15) is 47.3 Å². The number of anilines is 1. The zero-order valence-electron chi connectivity index (χ0n) is 24.3. The predicted molar refractivity (Wildman–Crippen MR) is 157 cm³/mol. The minimum absolute atomic E-state index is 0.00672. The first kappa shape index (κ1) is 32.2. The first-order valence-electron chi connectivity index (χ1n) is 14.2. The molecule has 4 atom stereocenters. The van der Waals surface area contributed by atoms with Gasteiger partial charge in [-0.2, -0.15) is 13.2 Å². The third-order valence-electron chi connectivity index (χ3n) is 8.23. The van der Waals surface area contributed by atoms with Gasteiger partial charge in [-0.25, -0.2) is 9.69 Å². The van der Waals surface area contributed by atoms with Gasteiger partial charge in [-0.05, 0) is 79.9 Å². The van der Waals surface area contributed by atoms with Crippen LogP contribution < -0.4 is 26.0 Å².